The molecule has 3 nitrogen and oxygen atoms in total. The van der Waals surface area contributed by atoms with E-state index in [1.165, 1.54) is 0 Å². The number of carbonyl (C=O) groups is 1. The smallest absolute Gasteiger partial charge is 0.351 e. The van der Waals surface area contributed by atoms with Gasteiger partial charge in [-0.05, 0) is 24.5 Å². The summed E-state index contributed by atoms with van der Waals surface area (Å²) in [6, 6.07) is 1.59. The first kappa shape index (κ1) is 8.49. The molecule has 1 aromatic heterocycles. The Morgan fingerprint density at radius 3 is 3.09 bits per heavy atom. The molecule has 1 atom stereocenters. The maximum absolute atomic E-state index is 11.0. The Labute approximate surface area is 73.1 Å². The molecule has 0 amide bonds. The van der Waals surface area contributed by atoms with Crippen molar-refractivity contribution in [3.05, 3.63) is 17.1 Å². The summed E-state index contributed by atoms with van der Waals surface area (Å²) in [5, 5.41) is 0. The van der Waals surface area contributed by atoms with E-state index >= 15 is 0 Å². The zero-order chi connectivity index (χ0) is 8.27. The van der Waals surface area contributed by atoms with Crippen LogP contribution in [0.3, 0.4) is 0 Å². The normalized spacial score (nSPS) is 12.5. The van der Waals surface area contributed by atoms with E-state index < -0.39 is 11.5 Å². The molecule has 5 heteroatoms. The predicted octanol–water partition coefficient (Wildman–Crippen LogP) is 1.88. The summed E-state index contributed by atoms with van der Waals surface area (Å²) in [6.07, 6.45) is 1.54. The Kier molecular flexibility index (Phi) is 2.84. The number of carbonyl (C=O) groups excluding carboxylic acids is 1. The first-order valence-corrected chi connectivity index (χ1v) is 4.17. The second kappa shape index (κ2) is 3.69. The van der Waals surface area contributed by atoms with Crippen LogP contribution in [0.4, 0.5) is 0 Å². The van der Waals surface area contributed by atoms with Crippen LogP contribution in [-0.2, 0) is 4.74 Å². The summed E-state index contributed by atoms with van der Waals surface area (Å²) < 4.78 is 8.44. The van der Waals surface area contributed by atoms with E-state index in [-0.39, 0.29) is 0 Å². The molecular formula is C6H6ClNO2S. The number of hydrogen-bond acceptors (Lipinski definition) is 4. The van der Waals surface area contributed by atoms with Crippen molar-refractivity contribution in [3.63, 3.8) is 0 Å². The lowest BCUT2D eigenvalue weighted by molar-refractivity contribution is 0.0478. The van der Waals surface area contributed by atoms with E-state index in [0.29, 0.717) is 4.88 Å². The largest absolute Gasteiger partial charge is 0.442 e. The predicted molar refractivity (Wildman–Crippen MR) is 42.8 cm³/mol. The fourth-order valence-corrected chi connectivity index (χ4v) is 1.09. The molecule has 0 bridgehead atoms. The molecule has 1 aromatic rings. The topological polar surface area (TPSA) is 39.2 Å². The molecule has 1 heterocycles. The first-order chi connectivity index (χ1) is 5.20. The van der Waals surface area contributed by atoms with Gasteiger partial charge in [0.05, 0.1) is 0 Å². The Hall–Kier alpha value is -0.610. The minimum Gasteiger partial charge on any atom is -0.442 e. The molecule has 0 N–H and O–H groups in total. The SMILES string of the molecule is CC(Cl)OC(=O)c1ccns1. The molecular weight excluding hydrogens is 186 g/mol. The van der Waals surface area contributed by atoms with Gasteiger partial charge in [-0.15, -0.1) is 0 Å². The van der Waals surface area contributed by atoms with Crippen molar-refractivity contribution in [2.45, 2.75) is 12.5 Å². The summed E-state index contributed by atoms with van der Waals surface area (Å²) in [6.45, 7) is 1.58. The Balaban J connectivity index is 2.57. The summed E-state index contributed by atoms with van der Waals surface area (Å²) >= 11 is 6.52. The monoisotopic (exact) mass is 191 g/mol. The van der Waals surface area contributed by atoms with Crippen molar-refractivity contribution in [1.29, 1.82) is 0 Å². The zero-order valence-electron chi connectivity index (χ0n) is 5.78. The van der Waals surface area contributed by atoms with E-state index in [0.717, 1.165) is 11.5 Å². The van der Waals surface area contributed by atoms with Gasteiger partial charge in [0.25, 0.3) is 0 Å². The third kappa shape index (κ3) is 2.48. The fourth-order valence-electron chi connectivity index (χ4n) is 0.527. The van der Waals surface area contributed by atoms with Crippen LogP contribution < -0.4 is 0 Å². The number of nitrogens with zero attached hydrogens (tertiary/aromatic N) is 1. The molecule has 1 unspecified atom stereocenters. The van der Waals surface area contributed by atoms with Crippen molar-refractivity contribution >= 4 is 29.1 Å². The van der Waals surface area contributed by atoms with Gasteiger partial charge in [0.15, 0.2) is 5.56 Å². The van der Waals surface area contributed by atoms with Crippen LogP contribution in [0, 0.1) is 0 Å². The van der Waals surface area contributed by atoms with E-state index in [9.17, 15) is 4.79 Å². The zero-order valence-corrected chi connectivity index (χ0v) is 7.35. The van der Waals surface area contributed by atoms with Gasteiger partial charge in [-0.2, -0.15) is 0 Å². The average molecular weight is 192 g/mol. The highest BCUT2D eigenvalue weighted by Crippen LogP contribution is 2.08. The van der Waals surface area contributed by atoms with E-state index in [2.05, 4.69) is 4.37 Å². The Bertz CT molecular complexity index is 235. The molecule has 0 spiro atoms. The molecule has 1 rings (SSSR count). The third-order valence-corrected chi connectivity index (χ3v) is 1.72. The molecule has 11 heavy (non-hydrogen) atoms. The summed E-state index contributed by atoms with van der Waals surface area (Å²) in [4.78, 5) is 11.4. The van der Waals surface area contributed by atoms with Crippen LogP contribution in [0.5, 0.6) is 0 Å². The molecule has 0 aromatic carbocycles. The van der Waals surface area contributed by atoms with Crippen molar-refractivity contribution in [1.82, 2.24) is 4.37 Å². The van der Waals surface area contributed by atoms with Crippen LogP contribution in [0.25, 0.3) is 0 Å². The van der Waals surface area contributed by atoms with Gasteiger partial charge < -0.3 is 4.74 Å². The van der Waals surface area contributed by atoms with E-state index in [1.54, 1.807) is 19.2 Å². The van der Waals surface area contributed by atoms with E-state index in [4.69, 9.17) is 16.3 Å². The van der Waals surface area contributed by atoms with E-state index in [1.807, 2.05) is 0 Å². The number of ether oxygens (including phenoxy) is 1. The first-order valence-electron chi connectivity index (χ1n) is 2.96. The maximum atomic E-state index is 11.0. The van der Waals surface area contributed by atoms with Gasteiger partial charge >= 0.3 is 5.97 Å². The van der Waals surface area contributed by atoms with Crippen molar-refractivity contribution in [2.24, 2.45) is 0 Å². The minimum atomic E-state index is -0.593. The number of alkyl halides is 1. The molecule has 0 aliphatic rings. The minimum absolute atomic E-state index is 0.421. The molecule has 0 saturated carbocycles. The highest BCUT2D eigenvalue weighted by atomic mass is 35.5. The highest BCUT2D eigenvalue weighted by molar-refractivity contribution is 7.07. The van der Waals surface area contributed by atoms with Crippen molar-refractivity contribution in [2.75, 3.05) is 0 Å². The fraction of sp³-hybridized carbons (Fsp3) is 0.333. The van der Waals surface area contributed by atoms with Gasteiger partial charge in [0, 0.05) is 6.20 Å². The summed E-state index contributed by atoms with van der Waals surface area (Å²) in [5.74, 6) is -0.421. The number of aromatic nitrogens is 1. The quantitative estimate of drug-likeness (QED) is 0.529. The van der Waals surface area contributed by atoms with Gasteiger partial charge in [0.2, 0.25) is 0 Å². The van der Waals surface area contributed by atoms with Crippen LogP contribution in [0.2, 0.25) is 0 Å². The van der Waals surface area contributed by atoms with Crippen LogP contribution in [0.15, 0.2) is 12.3 Å². The van der Waals surface area contributed by atoms with Gasteiger partial charge in [-0.3, -0.25) is 0 Å². The second-order valence-corrected chi connectivity index (χ2v) is 3.27. The summed E-state index contributed by atoms with van der Waals surface area (Å²) in [5.41, 5.74) is -0.593. The molecule has 0 fully saturated rings. The van der Waals surface area contributed by atoms with Crippen molar-refractivity contribution < 1.29 is 9.53 Å². The maximum Gasteiger partial charge on any atom is 0.351 e. The number of rotatable bonds is 2. The number of esters is 1. The molecule has 0 radical (unpaired) electrons. The standard InChI is InChI=1S/C6H6ClNO2S/c1-4(7)10-6(9)5-2-3-8-11-5/h2-4H,1H3. The van der Waals surface area contributed by atoms with Crippen LogP contribution in [0.1, 0.15) is 16.6 Å². The van der Waals surface area contributed by atoms with Gasteiger partial charge in [0.1, 0.15) is 4.88 Å². The summed E-state index contributed by atoms with van der Waals surface area (Å²) in [7, 11) is 0. The Morgan fingerprint density at radius 1 is 1.91 bits per heavy atom. The molecule has 0 aliphatic carbocycles. The highest BCUT2D eigenvalue weighted by Gasteiger charge is 2.10. The van der Waals surface area contributed by atoms with Gasteiger partial charge in [-0.1, -0.05) is 11.6 Å². The third-order valence-electron chi connectivity index (χ3n) is 0.908. The lowest BCUT2D eigenvalue weighted by atomic mass is 10.5. The van der Waals surface area contributed by atoms with Crippen molar-refractivity contribution in [3.8, 4) is 0 Å². The lowest BCUT2D eigenvalue weighted by Gasteiger charge is -2.02. The van der Waals surface area contributed by atoms with Gasteiger partial charge in [-0.25, -0.2) is 9.17 Å². The number of hydrogen-bond donors (Lipinski definition) is 0. The lowest BCUT2D eigenvalue weighted by Crippen LogP contribution is -2.07. The average Bonchev–Trinajstić information content (AvgIpc) is 2.35. The Morgan fingerprint density at radius 2 is 2.64 bits per heavy atom. The molecule has 0 aliphatic heterocycles. The number of halogens is 1. The second-order valence-electron chi connectivity index (χ2n) is 1.83. The van der Waals surface area contributed by atoms with Crippen LogP contribution >= 0.6 is 23.1 Å². The molecule has 60 valence electrons. The van der Waals surface area contributed by atoms with Crippen LogP contribution in [-0.4, -0.2) is 15.9 Å². The molecule has 0 saturated heterocycles.